The Kier molecular flexibility index (Phi) is 5.32. The van der Waals surface area contributed by atoms with Crippen molar-refractivity contribution in [1.82, 2.24) is 14.9 Å². The lowest BCUT2D eigenvalue weighted by Crippen LogP contribution is -2.51. The first-order valence-electron chi connectivity index (χ1n) is 9.48. The van der Waals surface area contributed by atoms with Crippen molar-refractivity contribution in [2.75, 3.05) is 26.5 Å². The number of likely N-dealkylation sites (tertiary alicyclic amines) is 1. The molecule has 1 saturated heterocycles. The molecule has 5 nitrogen and oxygen atoms in total. The summed E-state index contributed by atoms with van der Waals surface area (Å²) in [6.45, 7) is 2.94. The molecule has 0 N–H and O–H groups in total. The summed E-state index contributed by atoms with van der Waals surface area (Å²) < 4.78 is 12.3. The third kappa shape index (κ3) is 3.87. The average Bonchev–Trinajstić information content (AvgIpc) is 3.43. The molecular formula is C19H29N3O2S. The summed E-state index contributed by atoms with van der Waals surface area (Å²) in [4.78, 5) is 11.4. The lowest BCUT2D eigenvalue weighted by molar-refractivity contribution is -0.103. The molecule has 0 amide bonds. The third-order valence-electron chi connectivity index (χ3n) is 6.17. The van der Waals surface area contributed by atoms with Gasteiger partial charge in [-0.2, -0.15) is 0 Å². The van der Waals surface area contributed by atoms with E-state index in [1.54, 1.807) is 11.8 Å². The number of nitrogens with zero attached hydrogens (tertiary/aromatic N) is 3. The van der Waals surface area contributed by atoms with Crippen LogP contribution in [0.4, 0.5) is 0 Å². The van der Waals surface area contributed by atoms with E-state index in [-0.39, 0.29) is 5.60 Å². The highest BCUT2D eigenvalue weighted by molar-refractivity contribution is 7.98. The number of methoxy groups -OCH3 is 1. The first-order chi connectivity index (χ1) is 12.2. The van der Waals surface area contributed by atoms with Crippen LogP contribution in [0, 0.1) is 5.92 Å². The fourth-order valence-electron chi connectivity index (χ4n) is 4.42. The van der Waals surface area contributed by atoms with Crippen LogP contribution < -0.4 is 0 Å². The standard InChI is InChI=1S/C19H29N3O2S/c1-23-19-6-5-16(24-13-14-3-4-14)9-17(19)22(8-7-19)12-15-10-20-18(25-2)21-11-15/h10-11,14,16-17H,3-9,12-13H2,1-2H3. The van der Waals surface area contributed by atoms with Gasteiger partial charge in [0.25, 0.3) is 0 Å². The van der Waals surface area contributed by atoms with Crippen molar-refractivity contribution < 1.29 is 9.47 Å². The van der Waals surface area contributed by atoms with Gasteiger partial charge in [-0.3, -0.25) is 4.90 Å². The first kappa shape index (κ1) is 17.7. The van der Waals surface area contributed by atoms with Crippen molar-refractivity contribution in [1.29, 1.82) is 0 Å². The molecule has 0 aromatic carbocycles. The zero-order valence-electron chi connectivity index (χ0n) is 15.3. The Morgan fingerprint density at radius 3 is 2.72 bits per heavy atom. The van der Waals surface area contributed by atoms with Gasteiger partial charge in [0.1, 0.15) is 0 Å². The molecule has 1 aromatic heterocycles. The van der Waals surface area contributed by atoms with Crippen molar-refractivity contribution in [3.05, 3.63) is 18.0 Å². The molecule has 3 aliphatic rings. The maximum Gasteiger partial charge on any atom is 0.187 e. The minimum absolute atomic E-state index is 0.0134. The largest absolute Gasteiger partial charge is 0.378 e. The molecule has 3 unspecified atom stereocenters. The van der Waals surface area contributed by atoms with Gasteiger partial charge in [-0.25, -0.2) is 9.97 Å². The molecule has 3 fully saturated rings. The minimum Gasteiger partial charge on any atom is -0.378 e. The van der Waals surface area contributed by atoms with E-state index in [1.165, 1.54) is 18.4 Å². The number of fused-ring (bicyclic) bond motifs is 1. The van der Waals surface area contributed by atoms with Crippen LogP contribution in [-0.2, 0) is 16.0 Å². The van der Waals surface area contributed by atoms with Crippen LogP contribution in [-0.4, -0.2) is 59.1 Å². The lowest BCUT2D eigenvalue weighted by Gasteiger charge is -2.43. The zero-order valence-corrected chi connectivity index (χ0v) is 16.1. The molecule has 1 aromatic rings. The highest BCUT2D eigenvalue weighted by Gasteiger charge is 2.51. The molecule has 138 valence electrons. The van der Waals surface area contributed by atoms with Crippen molar-refractivity contribution in [2.24, 2.45) is 5.92 Å². The molecule has 3 atom stereocenters. The van der Waals surface area contributed by atoms with Crippen LogP contribution in [0.2, 0.25) is 0 Å². The number of hydrogen-bond acceptors (Lipinski definition) is 6. The SMILES string of the molecule is COC12CCC(OCC3CC3)CC1N(Cc1cnc(SC)nc1)CC2. The summed E-state index contributed by atoms with van der Waals surface area (Å²) in [7, 11) is 1.89. The third-order valence-corrected chi connectivity index (χ3v) is 6.74. The number of aromatic nitrogens is 2. The highest BCUT2D eigenvalue weighted by Crippen LogP contribution is 2.44. The summed E-state index contributed by atoms with van der Waals surface area (Å²) >= 11 is 1.58. The van der Waals surface area contributed by atoms with E-state index in [9.17, 15) is 0 Å². The highest BCUT2D eigenvalue weighted by atomic mass is 32.2. The van der Waals surface area contributed by atoms with Crippen LogP contribution in [0.25, 0.3) is 0 Å². The van der Waals surface area contributed by atoms with E-state index in [4.69, 9.17) is 9.47 Å². The van der Waals surface area contributed by atoms with Crippen molar-refractivity contribution in [2.45, 2.75) is 68.0 Å². The molecule has 2 heterocycles. The second-order valence-corrected chi connectivity index (χ2v) is 8.53. The summed E-state index contributed by atoms with van der Waals surface area (Å²) in [5.41, 5.74) is 1.20. The van der Waals surface area contributed by atoms with Crippen LogP contribution in [0.15, 0.2) is 17.6 Å². The summed E-state index contributed by atoms with van der Waals surface area (Å²) in [6.07, 6.45) is 13.5. The molecule has 2 aliphatic carbocycles. The lowest BCUT2D eigenvalue weighted by atomic mass is 9.79. The van der Waals surface area contributed by atoms with Gasteiger partial charge in [0.15, 0.2) is 5.16 Å². The fourth-order valence-corrected chi connectivity index (χ4v) is 4.73. The molecule has 0 radical (unpaired) electrons. The van der Waals surface area contributed by atoms with E-state index in [1.807, 2.05) is 25.8 Å². The smallest absolute Gasteiger partial charge is 0.187 e. The molecule has 25 heavy (non-hydrogen) atoms. The van der Waals surface area contributed by atoms with Crippen LogP contribution in [0.3, 0.4) is 0 Å². The molecule has 0 bridgehead atoms. The Bertz CT molecular complexity index is 581. The number of thioether (sulfide) groups is 1. The van der Waals surface area contributed by atoms with Gasteiger partial charge in [0, 0.05) is 50.8 Å². The Balaban J connectivity index is 1.42. The zero-order chi connectivity index (χ0) is 17.3. The molecule has 2 saturated carbocycles. The molecular weight excluding hydrogens is 334 g/mol. The summed E-state index contributed by atoms with van der Waals surface area (Å²) in [5.74, 6) is 0.834. The minimum atomic E-state index is 0.0134. The van der Waals surface area contributed by atoms with Gasteiger partial charge < -0.3 is 9.47 Å². The van der Waals surface area contributed by atoms with Gasteiger partial charge >= 0.3 is 0 Å². The fraction of sp³-hybridized carbons (Fsp3) is 0.789. The van der Waals surface area contributed by atoms with E-state index in [2.05, 4.69) is 14.9 Å². The van der Waals surface area contributed by atoms with E-state index in [0.717, 1.165) is 56.5 Å². The van der Waals surface area contributed by atoms with Crippen LogP contribution in [0.1, 0.15) is 44.1 Å². The number of ether oxygens (including phenoxy) is 2. The Morgan fingerprint density at radius 1 is 1.24 bits per heavy atom. The van der Waals surface area contributed by atoms with Crippen molar-refractivity contribution >= 4 is 11.8 Å². The maximum absolute atomic E-state index is 6.22. The van der Waals surface area contributed by atoms with Gasteiger partial charge in [-0.15, -0.1) is 0 Å². The Hall–Kier alpha value is -0.690. The van der Waals surface area contributed by atoms with Gasteiger partial charge in [-0.1, -0.05) is 11.8 Å². The number of rotatable bonds is 7. The maximum atomic E-state index is 6.22. The van der Waals surface area contributed by atoms with E-state index >= 15 is 0 Å². The molecule has 1 aliphatic heterocycles. The van der Waals surface area contributed by atoms with Crippen molar-refractivity contribution in [3.63, 3.8) is 0 Å². The molecule has 0 spiro atoms. The monoisotopic (exact) mass is 363 g/mol. The summed E-state index contributed by atoms with van der Waals surface area (Å²) in [6, 6.07) is 0.440. The predicted molar refractivity (Wildman–Crippen MR) is 98.7 cm³/mol. The van der Waals surface area contributed by atoms with Gasteiger partial charge in [0.2, 0.25) is 0 Å². The molecule has 6 heteroatoms. The van der Waals surface area contributed by atoms with Crippen LogP contribution in [0.5, 0.6) is 0 Å². The second-order valence-electron chi connectivity index (χ2n) is 7.76. The van der Waals surface area contributed by atoms with E-state index < -0.39 is 0 Å². The quantitative estimate of drug-likeness (QED) is 0.548. The topological polar surface area (TPSA) is 47.5 Å². The predicted octanol–water partition coefficient (Wildman–Crippen LogP) is 3.14. The molecule has 4 rings (SSSR count). The van der Waals surface area contributed by atoms with Gasteiger partial charge in [-0.05, 0) is 50.7 Å². The number of hydrogen-bond donors (Lipinski definition) is 0. The van der Waals surface area contributed by atoms with E-state index in [0.29, 0.717) is 12.1 Å². The Labute approximate surface area is 154 Å². The van der Waals surface area contributed by atoms with Crippen molar-refractivity contribution in [3.8, 4) is 0 Å². The summed E-state index contributed by atoms with van der Waals surface area (Å²) in [5, 5.41) is 0.836. The second kappa shape index (κ2) is 7.51. The normalized spacial score (nSPS) is 32.7. The first-order valence-corrected chi connectivity index (χ1v) is 10.7. The average molecular weight is 364 g/mol. The Morgan fingerprint density at radius 2 is 2.04 bits per heavy atom. The van der Waals surface area contributed by atoms with Gasteiger partial charge in [0.05, 0.1) is 11.7 Å². The van der Waals surface area contributed by atoms with Crippen LogP contribution >= 0.6 is 11.8 Å².